The van der Waals surface area contributed by atoms with Gasteiger partial charge in [-0.3, -0.25) is 4.79 Å². The average molecular weight is 523 g/mol. The highest BCUT2D eigenvalue weighted by Crippen LogP contribution is 2.34. The molecule has 0 unspecified atom stereocenters. The predicted molar refractivity (Wildman–Crippen MR) is 140 cm³/mol. The number of rotatable bonds is 11. The van der Waals surface area contributed by atoms with Gasteiger partial charge in [-0.2, -0.15) is 5.10 Å². The van der Waals surface area contributed by atoms with E-state index in [0.717, 1.165) is 0 Å². The maximum Gasteiger partial charge on any atom is 0.338 e. The summed E-state index contributed by atoms with van der Waals surface area (Å²) in [4.78, 5) is 36.9. The van der Waals surface area contributed by atoms with Crippen LogP contribution in [0.25, 0.3) is 0 Å². The zero-order chi connectivity index (χ0) is 27.7. The van der Waals surface area contributed by atoms with Crippen LogP contribution in [-0.2, 0) is 20.7 Å². The Bertz CT molecular complexity index is 1290. The number of hydrogen-bond donors (Lipinski definition) is 4. The van der Waals surface area contributed by atoms with Crippen molar-refractivity contribution in [3.63, 3.8) is 0 Å². The third kappa shape index (κ3) is 6.90. The van der Waals surface area contributed by atoms with Gasteiger partial charge in [-0.05, 0) is 67.3 Å². The molecule has 1 aliphatic rings. The minimum absolute atomic E-state index is 0.158. The Hall–Kier alpha value is -4.80. The van der Waals surface area contributed by atoms with Gasteiger partial charge in [0.05, 0.1) is 31.5 Å². The number of carbonyl (C=O) groups is 3. The molecule has 11 heteroatoms. The first kappa shape index (κ1) is 27.8. The molecule has 1 atom stereocenters. The van der Waals surface area contributed by atoms with Crippen molar-refractivity contribution in [2.24, 2.45) is 5.10 Å². The summed E-state index contributed by atoms with van der Waals surface area (Å²) < 4.78 is 16.2. The minimum Gasteiger partial charge on any atom is -0.508 e. The number of hydrogen-bond acceptors (Lipinski definition) is 8. The number of benzene rings is 2. The molecule has 38 heavy (non-hydrogen) atoms. The number of amides is 3. The molecule has 200 valence electrons. The van der Waals surface area contributed by atoms with Gasteiger partial charge in [-0.1, -0.05) is 12.1 Å². The Labute approximate surface area is 220 Å². The van der Waals surface area contributed by atoms with Crippen LogP contribution in [0.15, 0.2) is 65.4 Å². The van der Waals surface area contributed by atoms with Crippen LogP contribution in [0.4, 0.5) is 4.79 Å². The fraction of sp³-hybridized carbons (Fsp3) is 0.259. The smallest absolute Gasteiger partial charge is 0.338 e. The van der Waals surface area contributed by atoms with Crippen LogP contribution in [0.5, 0.6) is 17.2 Å². The maximum absolute atomic E-state index is 12.5. The van der Waals surface area contributed by atoms with Gasteiger partial charge in [0, 0.05) is 5.70 Å². The van der Waals surface area contributed by atoms with Crippen LogP contribution in [0, 0.1) is 0 Å². The fourth-order valence-electron chi connectivity index (χ4n) is 3.77. The van der Waals surface area contributed by atoms with Crippen molar-refractivity contribution in [1.29, 1.82) is 0 Å². The molecule has 2 aromatic rings. The monoisotopic (exact) mass is 522 g/mol. The van der Waals surface area contributed by atoms with Crippen molar-refractivity contribution in [3.05, 3.63) is 77.0 Å². The quantitative estimate of drug-likeness (QED) is 0.154. The zero-order valence-corrected chi connectivity index (χ0v) is 21.4. The molecule has 3 rings (SSSR count). The van der Waals surface area contributed by atoms with Crippen LogP contribution < -0.4 is 25.5 Å². The van der Waals surface area contributed by atoms with E-state index in [4.69, 9.17) is 14.2 Å². The molecule has 0 fully saturated rings. The highest BCUT2D eigenvalue weighted by Gasteiger charge is 2.32. The number of esters is 1. The number of carbonyl (C=O) groups excluding carboxylic acids is 3. The lowest BCUT2D eigenvalue weighted by Crippen LogP contribution is -2.45. The first-order valence-corrected chi connectivity index (χ1v) is 11.8. The summed E-state index contributed by atoms with van der Waals surface area (Å²) in [5.41, 5.74) is 4.98. The number of methoxy groups -OCH3 is 1. The van der Waals surface area contributed by atoms with Crippen molar-refractivity contribution < 1.29 is 33.7 Å². The molecule has 2 aromatic carbocycles. The molecule has 4 N–H and O–H groups in total. The largest absolute Gasteiger partial charge is 0.508 e. The highest BCUT2D eigenvalue weighted by atomic mass is 16.5. The summed E-state index contributed by atoms with van der Waals surface area (Å²) in [6.45, 7) is 6.81. The summed E-state index contributed by atoms with van der Waals surface area (Å²) in [5.74, 6) is -0.326. The lowest BCUT2D eigenvalue weighted by molar-refractivity contribution is -0.139. The highest BCUT2D eigenvalue weighted by molar-refractivity contribution is 5.95. The molecule has 0 spiro atoms. The van der Waals surface area contributed by atoms with E-state index in [1.54, 1.807) is 56.3 Å². The van der Waals surface area contributed by atoms with E-state index in [1.807, 2.05) is 0 Å². The van der Waals surface area contributed by atoms with Crippen molar-refractivity contribution in [2.45, 2.75) is 26.3 Å². The van der Waals surface area contributed by atoms with E-state index in [9.17, 15) is 19.5 Å². The predicted octanol–water partition coefficient (Wildman–Crippen LogP) is 2.85. The molecule has 0 aliphatic carbocycles. The third-order valence-corrected chi connectivity index (χ3v) is 5.51. The van der Waals surface area contributed by atoms with Crippen molar-refractivity contribution >= 4 is 24.1 Å². The Kier molecular flexibility index (Phi) is 9.47. The SMILES string of the molecule is C=CCc1cc(/C=N\NC(=O)COc2ccc([C@H]3NC(=O)NC(C)=C3C(=O)OCC)cc2OC)ccc1O. The van der Waals surface area contributed by atoms with E-state index in [2.05, 4.69) is 27.7 Å². The van der Waals surface area contributed by atoms with E-state index >= 15 is 0 Å². The molecule has 0 radical (unpaired) electrons. The fourth-order valence-corrected chi connectivity index (χ4v) is 3.77. The van der Waals surface area contributed by atoms with Crippen LogP contribution in [0.2, 0.25) is 0 Å². The number of nitrogens with zero attached hydrogens (tertiary/aromatic N) is 1. The second-order valence-corrected chi connectivity index (χ2v) is 8.16. The first-order chi connectivity index (χ1) is 18.3. The van der Waals surface area contributed by atoms with Crippen molar-refractivity contribution in [2.75, 3.05) is 20.3 Å². The molecule has 0 saturated carbocycles. The summed E-state index contributed by atoms with van der Waals surface area (Å²) in [6.07, 6.45) is 3.62. The second-order valence-electron chi connectivity index (χ2n) is 8.16. The van der Waals surface area contributed by atoms with Gasteiger partial charge in [-0.15, -0.1) is 6.58 Å². The maximum atomic E-state index is 12.5. The number of phenols is 1. The average Bonchev–Trinajstić information content (AvgIpc) is 2.89. The van der Waals surface area contributed by atoms with E-state index in [0.29, 0.717) is 34.6 Å². The van der Waals surface area contributed by atoms with Gasteiger partial charge in [0.2, 0.25) is 0 Å². The Balaban J connectivity index is 1.67. The molecule has 0 aromatic heterocycles. The lowest BCUT2D eigenvalue weighted by atomic mass is 9.95. The number of nitrogens with one attached hydrogen (secondary N) is 3. The van der Waals surface area contributed by atoms with Crippen LogP contribution in [0.1, 0.15) is 36.6 Å². The number of aromatic hydroxyl groups is 1. The zero-order valence-electron chi connectivity index (χ0n) is 21.4. The molecular weight excluding hydrogens is 492 g/mol. The Morgan fingerprint density at radius 2 is 2.00 bits per heavy atom. The first-order valence-electron chi connectivity index (χ1n) is 11.8. The Morgan fingerprint density at radius 1 is 1.21 bits per heavy atom. The molecule has 1 aliphatic heterocycles. The van der Waals surface area contributed by atoms with Crippen molar-refractivity contribution in [1.82, 2.24) is 16.1 Å². The normalized spacial score (nSPS) is 14.9. The number of phenolic OH excluding ortho intramolecular Hbond substituents is 1. The summed E-state index contributed by atoms with van der Waals surface area (Å²) >= 11 is 0. The molecule has 0 bridgehead atoms. The molecular formula is C27H30N4O7. The Morgan fingerprint density at radius 3 is 2.71 bits per heavy atom. The topological polar surface area (TPSA) is 148 Å². The van der Waals surface area contributed by atoms with Gasteiger partial charge >= 0.3 is 12.0 Å². The molecule has 0 saturated heterocycles. The number of urea groups is 1. The summed E-state index contributed by atoms with van der Waals surface area (Å²) in [5, 5.41) is 19.1. The van der Waals surface area contributed by atoms with Gasteiger partial charge in [-0.25, -0.2) is 15.0 Å². The van der Waals surface area contributed by atoms with Gasteiger partial charge in [0.1, 0.15) is 5.75 Å². The molecule has 3 amide bonds. The number of hydrazone groups is 1. The van der Waals surface area contributed by atoms with E-state index in [1.165, 1.54) is 13.3 Å². The number of allylic oxidation sites excluding steroid dienone is 2. The van der Waals surface area contributed by atoms with Gasteiger partial charge in [0.15, 0.2) is 18.1 Å². The van der Waals surface area contributed by atoms with E-state index in [-0.39, 0.29) is 30.3 Å². The summed E-state index contributed by atoms with van der Waals surface area (Å²) in [7, 11) is 1.43. The molecule has 11 nitrogen and oxygen atoms in total. The van der Waals surface area contributed by atoms with Gasteiger partial charge in [0.25, 0.3) is 5.91 Å². The lowest BCUT2D eigenvalue weighted by Gasteiger charge is -2.28. The van der Waals surface area contributed by atoms with E-state index < -0.39 is 23.9 Å². The number of ether oxygens (including phenoxy) is 3. The standard InChI is InChI=1S/C27H30N4O7/c1-5-7-18-12-17(8-10-20(18)32)14-28-31-23(33)15-38-21-11-9-19(13-22(21)36-4)25-24(26(34)37-6-2)16(3)29-27(35)30-25/h5,8-14,25,32H,1,6-7,15H2,2-4H3,(H,31,33)(H2,29,30,35)/b28-14-/t25-/m1/s1. The van der Waals surface area contributed by atoms with Crippen LogP contribution in [-0.4, -0.2) is 49.6 Å². The third-order valence-electron chi connectivity index (χ3n) is 5.51. The van der Waals surface area contributed by atoms with Crippen LogP contribution in [0.3, 0.4) is 0 Å². The van der Waals surface area contributed by atoms with Gasteiger partial charge < -0.3 is 30.0 Å². The summed E-state index contributed by atoms with van der Waals surface area (Å²) in [6, 6.07) is 8.57. The van der Waals surface area contributed by atoms with Crippen molar-refractivity contribution in [3.8, 4) is 17.2 Å². The minimum atomic E-state index is -0.768. The second kappa shape index (κ2) is 12.9. The molecule has 1 heterocycles. The van der Waals surface area contributed by atoms with Crippen LogP contribution >= 0.6 is 0 Å².